The predicted octanol–water partition coefficient (Wildman–Crippen LogP) is 2.57. The first kappa shape index (κ1) is 15.8. The minimum absolute atomic E-state index is 0.0505. The van der Waals surface area contributed by atoms with Crippen molar-refractivity contribution in [2.45, 2.75) is 57.5 Å². The van der Waals surface area contributed by atoms with Gasteiger partial charge in [-0.1, -0.05) is 26.0 Å². The second kappa shape index (κ2) is 7.46. The van der Waals surface area contributed by atoms with Gasteiger partial charge in [-0.15, -0.1) is 0 Å². The van der Waals surface area contributed by atoms with Crippen LogP contribution in [0.4, 0.5) is 0 Å². The molecule has 4 nitrogen and oxygen atoms in total. The fourth-order valence-electron chi connectivity index (χ4n) is 2.65. The Balaban J connectivity index is 1.77. The van der Waals surface area contributed by atoms with Crippen molar-refractivity contribution in [2.24, 2.45) is 5.73 Å². The third kappa shape index (κ3) is 5.05. The lowest BCUT2D eigenvalue weighted by Crippen LogP contribution is -2.42. The lowest BCUT2D eigenvalue weighted by atomic mass is 9.92. The summed E-state index contributed by atoms with van der Waals surface area (Å²) in [4.78, 5) is 11.9. The molecule has 0 aliphatic heterocycles. The molecule has 0 bridgehead atoms. The molecule has 1 aliphatic rings. The summed E-state index contributed by atoms with van der Waals surface area (Å²) in [6.07, 6.45) is 3.91. The van der Waals surface area contributed by atoms with Crippen LogP contribution >= 0.6 is 0 Å². The Bertz CT molecular complexity index is 466. The van der Waals surface area contributed by atoms with Crippen molar-refractivity contribution in [3.63, 3.8) is 0 Å². The number of nitrogens with two attached hydrogens (primary N) is 1. The Morgan fingerprint density at radius 3 is 2.71 bits per heavy atom. The second-order valence-electron chi connectivity index (χ2n) is 6.20. The van der Waals surface area contributed by atoms with Crippen LogP contribution in [0.15, 0.2) is 24.3 Å². The first-order valence-corrected chi connectivity index (χ1v) is 7.82. The largest absolute Gasteiger partial charge is 0.484 e. The number of hydrogen-bond acceptors (Lipinski definition) is 3. The molecular weight excluding hydrogens is 264 g/mol. The molecule has 0 spiro atoms. The van der Waals surface area contributed by atoms with Crippen LogP contribution in [0.2, 0.25) is 0 Å². The van der Waals surface area contributed by atoms with Crippen LogP contribution in [0.5, 0.6) is 5.75 Å². The first-order chi connectivity index (χ1) is 10.0. The topological polar surface area (TPSA) is 64.3 Å². The molecule has 21 heavy (non-hydrogen) atoms. The molecular formula is C17H26N2O2. The van der Waals surface area contributed by atoms with Crippen molar-refractivity contribution in [2.75, 3.05) is 6.61 Å². The highest BCUT2D eigenvalue weighted by Crippen LogP contribution is 2.20. The fourth-order valence-corrected chi connectivity index (χ4v) is 2.65. The molecule has 1 aromatic rings. The molecule has 1 amide bonds. The van der Waals surface area contributed by atoms with Gasteiger partial charge >= 0.3 is 0 Å². The van der Waals surface area contributed by atoms with Gasteiger partial charge in [-0.2, -0.15) is 0 Å². The minimum Gasteiger partial charge on any atom is -0.484 e. The predicted molar refractivity (Wildman–Crippen MR) is 84.4 cm³/mol. The van der Waals surface area contributed by atoms with Crippen molar-refractivity contribution in [1.29, 1.82) is 0 Å². The quantitative estimate of drug-likeness (QED) is 0.876. The third-order valence-electron chi connectivity index (χ3n) is 4.03. The summed E-state index contributed by atoms with van der Waals surface area (Å²) in [6.45, 7) is 4.35. The van der Waals surface area contributed by atoms with E-state index in [-0.39, 0.29) is 18.6 Å². The van der Waals surface area contributed by atoms with Crippen LogP contribution < -0.4 is 15.8 Å². The van der Waals surface area contributed by atoms with Crippen LogP contribution in [0.25, 0.3) is 0 Å². The van der Waals surface area contributed by atoms with E-state index in [9.17, 15) is 4.79 Å². The standard InChI is InChI=1S/C17H26N2O2/c1-12(2)13-4-3-5-16(10-13)21-11-17(20)19-15-8-6-14(18)7-9-15/h3-5,10,12,14-15H,6-9,11,18H2,1-2H3,(H,19,20). The molecule has 0 heterocycles. The van der Waals surface area contributed by atoms with E-state index in [0.29, 0.717) is 12.0 Å². The molecule has 0 saturated heterocycles. The van der Waals surface area contributed by atoms with Gasteiger partial charge in [0, 0.05) is 12.1 Å². The van der Waals surface area contributed by atoms with E-state index in [0.717, 1.165) is 31.4 Å². The van der Waals surface area contributed by atoms with Crippen molar-refractivity contribution in [3.8, 4) is 5.75 Å². The van der Waals surface area contributed by atoms with E-state index in [1.54, 1.807) is 0 Å². The average Bonchev–Trinajstić information content (AvgIpc) is 2.48. The van der Waals surface area contributed by atoms with Crippen molar-refractivity contribution >= 4 is 5.91 Å². The molecule has 116 valence electrons. The van der Waals surface area contributed by atoms with E-state index >= 15 is 0 Å². The molecule has 0 atom stereocenters. The fraction of sp³-hybridized carbons (Fsp3) is 0.588. The second-order valence-corrected chi connectivity index (χ2v) is 6.20. The summed E-state index contributed by atoms with van der Waals surface area (Å²) in [7, 11) is 0. The van der Waals surface area contributed by atoms with Gasteiger partial charge in [0.05, 0.1) is 0 Å². The summed E-state index contributed by atoms with van der Waals surface area (Å²) in [5.74, 6) is 1.15. The normalized spacial score (nSPS) is 22.1. The maximum Gasteiger partial charge on any atom is 0.258 e. The Labute approximate surface area is 127 Å². The number of carbonyl (C=O) groups is 1. The number of hydrogen-bond donors (Lipinski definition) is 2. The highest BCUT2D eigenvalue weighted by atomic mass is 16.5. The van der Waals surface area contributed by atoms with Gasteiger partial charge in [-0.25, -0.2) is 0 Å². The van der Waals surface area contributed by atoms with Gasteiger partial charge in [-0.05, 0) is 49.3 Å². The van der Waals surface area contributed by atoms with E-state index in [1.165, 1.54) is 5.56 Å². The first-order valence-electron chi connectivity index (χ1n) is 7.82. The Kier molecular flexibility index (Phi) is 5.62. The Hall–Kier alpha value is -1.55. The smallest absolute Gasteiger partial charge is 0.258 e. The van der Waals surface area contributed by atoms with E-state index in [4.69, 9.17) is 10.5 Å². The number of ether oxygens (including phenoxy) is 1. The number of carbonyl (C=O) groups excluding carboxylic acids is 1. The van der Waals surface area contributed by atoms with Gasteiger partial charge < -0.3 is 15.8 Å². The highest BCUT2D eigenvalue weighted by molar-refractivity contribution is 5.77. The van der Waals surface area contributed by atoms with Crippen LogP contribution in [-0.4, -0.2) is 24.6 Å². The number of amides is 1. The zero-order valence-electron chi connectivity index (χ0n) is 13.0. The molecule has 3 N–H and O–H groups in total. The van der Waals surface area contributed by atoms with E-state index in [1.807, 2.05) is 18.2 Å². The summed E-state index contributed by atoms with van der Waals surface area (Å²) in [6, 6.07) is 8.47. The number of rotatable bonds is 5. The maximum absolute atomic E-state index is 11.9. The molecule has 1 fully saturated rings. The van der Waals surface area contributed by atoms with Crippen molar-refractivity contribution < 1.29 is 9.53 Å². The van der Waals surface area contributed by atoms with Gasteiger partial charge in [-0.3, -0.25) is 4.79 Å². The van der Waals surface area contributed by atoms with Crippen molar-refractivity contribution in [1.82, 2.24) is 5.32 Å². The SMILES string of the molecule is CC(C)c1cccc(OCC(=O)NC2CCC(N)CC2)c1. The molecule has 1 aliphatic carbocycles. The monoisotopic (exact) mass is 290 g/mol. The van der Waals surface area contributed by atoms with Crippen LogP contribution in [-0.2, 0) is 4.79 Å². The van der Waals surface area contributed by atoms with Crippen LogP contribution in [0.1, 0.15) is 51.0 Å². The third-order valence-corrected chi connectivity index (χ3v) is 4.03. The lowest BCUT2D eigenvalue weighted by molar-refractivity contribution is -0.124. The molecule has 0 unspecified atom stereocenters. The molecule has 2 rings (SSSR count). The van der Waals surface area contributed by atoms with Crippen LogP contribution in [0, 0.1) is 0 Å². The Morgan fingerprint density at radius 1 is 1.33 bits per heavy atom. The van der Waals surface area contributed by atoms with Gasteiger partial charge in [0.15, 0.2) is 6.61 Å². The van der Waals surface area contributed by atoms with E-state index < -0.39 is 0 Å². The average molecular weight is 290 g/mol. The van der Waals surface area contributed by atoms with Crippen LogP contribution in [0.3, 0.4) is 0 Å². The number of benzene rings is 1. The zero-order chi connectivity index (χ0) is 15.2. The van der Waals surface area contributed by atoms with E-state index in [2.05, 4.69) is 25.2 Å². The molecule has 4 heteroatoms. The molecule has 1 aromatic carbocycles. The number of nitrogens with one attached hydrogen (secondary N) is 1. The molecule has 0 radical (unpaired) electrons. The van der Waals surface area contributed by atoms with Gasteiger partial charge in [0.2, 0.25) is 0 Å². The van der Waals surface area contributed by atoms with Gasteiger partial charge in [0.1, 0.15) is 5.75 Å². The summed E-state index contributed by atoms with van der Waals surface area (Å²) in [5, 5.41) is 3.03. The maximum atomic E-state index is 11.9. The Morgan fingerprint density at radius 2 is 2.05 bits per heavy atom. The minimum atomic E-state index is -0.0505. The summed E-state index contributed by atoms with van der Waals surface area (Å²) in [5.41, 5.74) is 7.08. The zero-order valence-corrected chi connectivity index (χ0v) is 13.0. The molecule has 1 saturated carbocycles. The summed E-state index contributed by atoms with van der Waals surface area (Å²) >= 11 is 0. The lowest BCUT2D eigenvalue weighted by Gasteiger charge is -2.26. The van der Waals surface area contributed by atoms with Crippen molar-refractivity contribution in [3.05, 3.63) is 29.8 Å². The highest BCUT2D eigenvalue weighted by Gasteiger charge is 2.20. The summed E-state index contributed by atoms with van der Waals surface area (Å²) < 4.78 is 5.58. The molecule has 0 aromatic heterocycles. The van der Waals surface area contributed by atoms with Gasteiger partial charge in [0.25, 0.3) is 5.91 Å².